The molecule has 4 aromatic rings. The van der Waals surface area contributed by atoms with Gasteiger partial charge in [0.1, 0.15) is 10.8 Å². The smallest absolute Gasteiger partial charge is 0.256 e. The fraction of sp³-hybridized carbons (Fsp3) is 0.160. The van der Waals surface area contributed by atoms with Gasteiger partial charge in [-0.1, -0.05) is 55.0 Å². The molecule has 5 heteroatoms. The standard InChI is InChI=1S/C25H23N3OS/c1-17-7-6-8-19(13-17)14-18(2)22-16-30-25(27-22)21-11-12-26-23(15-21)28-24(29)20-9-4-3-5-10-20/h3-13,15-16,18H,14H2,1-2H3,(H,26,28,29). The third-order valence-corrected chi connectivity index (χ3v) is 5.85. The SMILES string of the molecule is Cc1cccc(CC(C)c2csc(-c3ccnc(NC(=O)c4ccccc4)c3)n2)c1. The molecule has 0 bridgehead atoms. The van der Waals surface area contributed by atoms with Crippen molar-refractivity contribution in [1.29, 1.82) is 0 Å². The largest absolute Gasteiger partial charge is 0.307 e. The summed E-state index contributed by atoms with van der Waals surface area (Å²) < 4.78 is 0. The highest BCUT2D eigenvalue weighted by Crippen LogP contribution is 2.29. The van der Waals surface area contributed by atoms with Crippen LogP contribution in [0.5, 0.6) is 0 Å². The molecular formula is C25H23N3OS. The molecular weight excluding hydrogens is 390 g/mol. The Labute approximate surface area is 180 Å². The number of pyridine rings is 1. The summed E-state index contributed by atoms with van der Waals surface area (Å²) in [5, 5.41) is 5.92. The van der Waals surface area contributed by atoms with E-state index in [4.69, 9.17) is 4.98 Å². The molecule has 0 spiro atoms. The van der Waals surface area contributed by atoms with Gasteiger partial charge in [-0.2, -0.15) is 0 Å². The molecule has 0 aliphatic heterocycles. The Hall–Kier alpha value is -3.31. The molecule has 1 N–H and O–H groups in total. The van der Waals surface area contributed by atoms with Crippen molar-refractivity contribution in [3.05, 3.63) is 101 Å². The second-order valence-corrected chi connectivity index (χ2v) is 8.28. The normalized spacial score (nSPS) is 11.8. The van der Waals surface area contributed by atoms with E-state index >= 15 is 0 Å². The van der Waals surface area contributed by atoms with Gasteiger partial charge in [0, 0.05) is 28.6 Å². The van der Waals surface area contributed by atoms with E-state index in [2.05, 4.69) is 53.8 Å². The molecule has 0 aliphatic carbocycles. The predicted molar refractivity (Wildman–Crippen MR) is 123 cm³/mol. The number of carbonyl (C=O) groups excluding carboxylic acids is 1. The molecule has 30 heavy (non-hydrogen) atoms. The van der Waals surface area contributed by atoms with Gasteiger partial charge in [0.2, 0.25) is 0 Å². The Kier molecular flexibility index (Phi) is 6.00. The highest BCUT2D eigenvalue weighted by atomic mass is 32.1. The van der Waals surface area contributed by atoms with Crippen molar-refractivity contribution in [1.82, 2.24) is 9.97 Å². The summed E-state index contributed by atoms with van der Waals surface area (Å²) in [6, 6.07) is 21.5. The first-order chi connectivity index (χ1) is 14.6. The molecule has 2 aromatic carbocycles. The Morgan fingerprint density at radius 1 is 1.07 bits per heavy atom. The predicted octanol–water partition coefficient (Wildman–Crippen LogP) is 6.11. The van der Waals surface area contributed by atoms with Crippen molar-refractivity contribution in [2.24, 2.45) is 0 Å². The third-order valence-electron chi connectivity index (χ3n) is 4.94. The highest BCUT2D eigenvalue weighted by Gasteiger charge is 2.13. The van der Waals surface area contributed by atoms with E-state index in [1.54, 1.807) is 29.7 Å². The summed E-state index contributed by atoms with van der Waals surface area (Å²) in [7, 11) is 0. The van der Waals surface area contributed by atoms with E-state index in [9.17, 15) is 4.79 Å². The van der Waals surface area contributed by atoms with Crippen molar-refractivity contribution < 1.29 is 4.79 Å². The van der Waals surface area contributed by atoms with Crippen molar-refractivity contribution in [3.8, 4) is 10.6 Å². The number of carbonyl (C=O) groups is 1. The maximum absolute atomic E-state index is 12.4. The van der Waals surface area contributed by atoms with E-state index < -0.39 is 0 Å². The molecule has 150 valence electrons. The van der Waals surface area contributed by atoms with Gasteiger partial charge >= 0.3 is 0 Å². The fourth-order valence-electron chi connectivity index (χ4n) is 3.35. The van der Waals surface area contributed by atoms with Crippen molar-refractivity contribution >= 4 is 23.1 Å². The van der Waals surface area contributed by atoms with Gasteiger partial charge < -0.3 is 5.32 Å². The Bertz CT molecular complexity index is 1150. The lowest BCUT2D eigenvalue weighted by Crippen LogP contribution is -2.12. The van der Waals surface area contributed by atoms with Crippen molar-refractivity contribution in [3.63, 3.8) is 0 Å². The number of nitrogens with one attached hydrogen (secondary N) is 1. The van der Waals surface area contributed by atoms with Crippen LogP contribution in [0.2, 0.25) is 0 Å². The molecule has 4 nitrogen and oxygen atoms in total. The molecule has 0 fully saturated rings. The molecule has 0 radical (unpaired) electrons. The summed E-state index contributed by atoms with van der Waals surface area (Å²) in [5.41, 5.74) is 5.24. The average molecular weight is 414 g/mol. The van der Waals surface area contributed by atoms with Crippen LogP contribution in [0, 0.1) is 6.92 Å². The Morgan fingerprint density at radius 2 is 1.90 bits per heavy atom. The Morgan fingerprint density at radius 3 is 2.70 bits per heavy atom. The maximum atomic E-state index is 12.4. The molecule has 0 saturated carbocycles. The fourth-order valence-corrected chi connectivity index (χ4v) is 4.29. The first kappa shape index (κ1) is 20.0. The van der Waals surface area contributed by atoms with Crippen LogP contribution in [0.4, 0.5) is 5.82 Å². The maximum Gasteiger partial charge on any atom is 0.256 e. The summed E-state index contributed by atoms with van der Waals surface area (Å²) in [5.74, 6) is 0.675. The molecule has 4 rings (SSSR count). The monoisotopic (exact) mass is 413 g/mol. The summed E-state index contributed by atoms with van der Waals surface area (Å²) >= 11 is 1.62. The zero-order valence-corrected chi connectivity index (χ0v) is 17.8. The number of aromatic nitrogens is 2. The van der Waals surface area contributed by atoms with E-state index in [1.807, 2.05) is 30.3 Å². The van der Waals surface area contributed by atoms with Crippen LogP contribution in [-0.4, -0.2) is 15.9 Å². The summed E-state index contributed by atoms with van der Waals surface area (Å²) in [6.07, 6.45) is 2.66. The van der Waals surface area contributed by atoms with Gasteiger partial charge in [0.05, 0.1) is 5.69 Å². The van der Waals surface area contributed by atoms with Crippen LogP contribution in [-0.2, 0) is 6.42 Å². The van der Waals surface area contributed by atoms with Crippen LogP contribution in [0.1, 0.15) is 40.0 Å². The number of anilines is 1. The molecule has 1 atom stereocenters. The first-order valence-corrected chi connectivity index (χ1v) is 10.8. The molecule has 1 amide bonds. The highest BCUT2D eigenvalue weighted by molar-refractivity contribution is 7.13. The van der Waals surface area contributed by atoms with Gasteiger partial charge in [-0.15, -0.1) is 11.3 Å². The molecule has 2 aromatic heterocycles. The van der Waals surface area contributed by atoms with Crippen molar-refractivity contribution in [2.45, 2.75) is 26.2 Å². The zero-order valence-electron chi connectivity index (χ0n) is 17.0. The van der Waals surface area contributed by atoms with Gasteiger partial charge in [-0.25, -0.2) is 9.97 Å². The van der Waals surface area contributed by atoms with Gasteiger partial charge in [0.25, 0.3) is 5.91 Å². The molecule has 0 aliphatic rings. The lowest BCUT2D eigenvalue weighted by Gasteiger charge is -2.09. The van der Waals surface area contributed by atoms with E-state index in [0.717, 1.165) is 22.7 Å². The number of thiazole rings is 1. The first-order valence-electron chi connectivity index (χ1n) is 9.92. The number of nitrogens with zero attached hydrogens (tertiary/aromatic N) is 2. The molecule has 1 unspecified atom stereocenters. The minimum Gasteiger partial charge on any atom is -0.307 e. The van der Waals surface area contributed by atoms with Crippen LogP contribution < -0.4 is 5.32 Å². The molecule has 2 heterocycles. The lowest BCUT2D eigenvalue weighted by molar-refractivity contribution is 0.102. The quantitative estimate of drug-likeness (QED) is 0.415. The average Bonchev–Trinajstić information content (AvgIpc) is 3.25. The van der Waals surface area contributed by atoms with Crippen LogP contribution in [0.15, 0.2) is 78.3 Å². The number of hydrogen-bond donors (Lipinski definition) is 1. The second kappa shape index (κ2) is 9.01. The number of amides is 1. The number of benzene rings is 2. The number of aryl methyl sites for hydroxylation is 1. The number of hydrogen-bond acceptors (Lipinski definition) is 4. The van der Waals surface area contributed by atoms with E-state index in [1.165, 1.54) is 11.1 Å². The van der Waals surface area contributed by atoms with E-state index in [0.29, 0.717) is 17.3 Å². The number of rotatable bonds is 6. The topological polar surface area (TPSA) is 54.9 Å². The van der Waals surface area contributed by atoms with Gasteiger partial charge in [-0.3, -0.25) is 4.79 Å². The zero-order chi connectivity index (χ0) is 20.9. The van der Waals surface area contributed by atoms with Crippen LogP contribution in [0.25, 0.3) is 10.6 Å². The van der Waals surface area contributed by atoms with Crippen molar-refractivity contribution in [2.75, 3.05) is 5.32 Å². The minimum absolute atomic E-state index is 0.174. The Balaban J connectivity index is 1.48. The van der Waals surface area contributed by atoms with E-state index in [-0.39, 0.29) is 5.91 Å². The van der Waals surface area contributed by atoms with Crippen LogP contribution in [0.3, 0.4) is 0 Å². The third kappa shape index (κ3) is 4.81. The summed E-state index contributed by atoms with van der Waals surface area (Å²) in [4.78, 5) is 21.5. The van der Waals surface area contributed by atoms with Gasteiger partial charge in [-0.05, 0) is 43.2 Å². The van der Waals surface area contributed by atoms with Gasteiger partial charge in [0.15, 0.2) is 0 Å². The van der Waals surface area contributed by atoms with Crippen LogP contribution >= 0.6 is 11.3 Å². The summed E-state index contributed by atoms with van der Waals surface area (Å²) in [6.45, 7) is 4.33. The lowest BCUT2D eigenvalue weighted by atomic mass is 9.98. The minimum atomic E-state index is -0.174. The second-order valence-electron chi connectivity index (χ2n) is 7.42. The molecule has 0 saturated heterocycles.